The first-order valence-electron chi connectivity index (χ1n) is 11.9. The Morgan fingerprint density at radius 1 is 1.26 bits per heavy atom. The van der Waals surface area contributed by atoms with E-state index in [9.17, 15) is 18.0 Å². The molecule has 0 aliphatic carbocycles. The molecule has 192 valence electrons. The van der Waals surface area contributed by atoms with E-state index < -0.39 is 16.0 Å². The van der Waals surface area contributed by atoms with Crippen molar-refractivity contribution in [1.29, 1.82) is 0 Å². The third kappa shape index (κ3) is 6.89. The summed E-state index contributed by atoms with van der Waals surface area (Å²) in [4.78, 5) is 25.4. The lowest BCUT2D eigenvalue weighted by atomic mass is 9.99. The largest absolute Gasteiger partial charge is 0.462 e. The number of hydrogen-bond acceptors (Lipinski definition) is 7. The van der Waals surface area contributed by atoms with Crippen LogP contribution in [-0.4, -0.2) is 63.5 Å². The van der Waals surface area contributed by atoms with E-state index in [0.717, 1.165) is 24.1 Å². The monoisotopic (exact) mass is 506 g/mol. The zero-order chi connectivity index (χ0) is 25.4. The summed E-state index contributed by atoms with van der Waals surface area (Å²) in [5.41, 5.74) is 2.63. The highest BCUT2D eigenvalue weighted by atomic mass is 32.2. The van der Waals surface area contributed by atoms with E-state index in [0.29, 0.717) is 44.8 Å². The lowest BCUT2D eigenvalue weighted by Crippen LogP contribution is -2.28. The lowest BCUT2D eigenvalue weighted by Gasteiger charge is -2.13. The van der Waals surface area contributed by atoms with E-state index in [-0.39, 0.29) is 28.9 Å². The highest BCUT2D eigenvalue weighted by Gasteiger charge is 2.24. The predicted octanol–water partition coefficient (Wildman–Crippen LogP) is 1.93. The lowest BCUT2D eigenvalue weighted by molar-refractivity contribution is 0.0448. The van der Waals surface area contributed by atoms with Crippen LogP contribution in [0.2, 0.25) is 0 Å². The van der Waals surface area contributed by atoms with Gasteiger partial charge in [0.05, 0.1) is 22.8 Å². The molecule has 0 fully saturated rings. The number of hydrogen-bond donors (Lipinski definition) is 2. The normalized spacial score (nSPS) is 16.0. The van der Waals surface area contributed by atoms with Crippen molar-refractivity contribution in [3.05, 3.63) is 46.8 Å². The van der Waals surface area contributed by atoms with Crippen molar-refractivity contribution in [1.82, 2.24) is 19.8 Å². The van der Waals surface area contributed by atoms with Gasteiger partial charge in [-0.15, -0.1) is 0 Å². The van der Waals surface area contributed by atoms with Crippen LogP contribution >= 0.6 is 0 Å². The second-order valence-electron chi connectivity index (χ2n) is 8.55. The van der Waals surface area contributed by atoms with Crippen molar-refractivity contribution < 1.29 is 27.5 Å². The molecule has 0 bridgehead atoms. The number of carbonyl (C=O) groups is 2. The van der Waals surface area contributed by atoms with Gasteiger partial charge in [-0.1, -0.05) is 6.92 Å². The average molecular weight is 507 g/mol. The third-order valence-corrected chi connectivity index (χ3v) is 7.25. The first kappa shape index (κ1) is 26.8. The number of rotatable bonds is 8. The standard InChI is InChI=1S/C24H34N4O6S/c1-4-28-22-20(7-5-13-33-14-6-12-26-23(22)29)21(27-28)15-17(2)16-34-24(30)18-8-10-19(11-9-18)35(31,32)25-3/h8-11,17,25H,4-7,12-16H2,1-3H3,(H,26,29)/t17-/m1/s1. The fourth-order valence-electron chi connectivity index (χ4n) is 3.95. The van der Waals surface area contributed by atoms with Crippen molar-refractivity contribution in [2.75, 3.05) is 33.4 Å². The van der Waals surface area contributed by atoms with Crippen LogP contribution in [0.1, 0.15) is 58.8 Å². The number of amides is 1. The number of benzene rings is 1. The molecule has 0 radical (unpaired) electrons. The number of fused-ring (bicyclic) bond motifs is 1. The number of nitrogens with zero attached hydrogens (tertiary/aromatic N) is 2. The number of carbonyl (C=O) groups excluding carboxylic acids is 2. The first-order chi connectivity index (χ1) is 16.8. The van der Waals surface area contributed by atoms with E-state index in [4.69, 9.17) is 14.6 Å². The second kappa shape index (κ2) is 12.3. The SMILES string of the molecule is CCn1nc(C[C@@H](C)COC(=O)c2ccc(S(=O)(=O)NC)cc2)c2c1C(=O)NCCCOCCC2. The Labute approximate surface area is 206 Å². The number of nitrogens with one attached hydrogen (secondary N) is 2. The molecule has 0 spiro atoms. The van der Waals surface area contributed by atoms with Crippen molar-refractivity contribution in [2.45, 2.75) is 51.0 Å². The topological polar surface area (TPSA) is 129 Å². The Bertz CT molecular complexity index is 1130. The minimum Gasteiger partial charge on any atom is -0.462 e. The van der Waals surface area contributed by atoms with Crippen molar-refractivity contribution >= 4 is 21.9 Å². The van der Waals surface area contributed by atoms with E-state index in [1.54, 1.807) is 4.68 Å². The summed E-state index contributed by atoms with van der Waals surface area (Å²) in [5, 5.41) is 7.67. The molecule has 2 N–H and O–H groups in total. The molecule has 10 nitrogen and oxygen atoms in total. The van der Waals surface area contributed by atoms with Crippen LogP contribution in [0.15, 0.2) is 29.2 Å². The number of aromatic nitrogens is 2. The highest BCUT2D eigenvalue weighted by molar-refractivity contribution is 7.89. The molecule has 2 aromatic rings. The van der Waals surface area contributed by atoms with E-state index in [1.807, 2.05) is 13.8 Å². The molecule has 1 amide bonds. The van der Waals surface area contributed by atoms with Crippen LogP contribution in [0.5, 0.6) is 0 Å². The van der Waals surface area contributed by atoms with Gasteiger partial charge in [-0.25, -0.2) is 17.9 Å². The minimum atomic E-state index is -3.57. The van der Waals surface area contributed by atoms with E-state index in [2.05, 4.69) is 10.0 Å². The Hall–Kier alpha value is -2.76. The van der Waals surface area contributed by atoms with Gasteiger partial charge in [0.25, 0.3) is 5.91 Å². The molecule has 2 heterocycles. The van der Waals surface area contributed by atoms with Crippen LogP contribution in [0, 0.1) is 5.92 Å². The van der Waals surface area contributed by atoms with Crippen LogP contribution in [-0.2, 0) is 38.9 Å². The van der Waals surface area contributed by atoms with Gasteiger partial charge in [-0.05, 0) is 69.8 Å². The van der Waals surface area contributed by atoms with Crippen LogP contribution in [0.25, 0.3) is 0 Å². The van der Waals surface area contributed by atoms with Gasteiger partial charge in [0.15, 0.2) is 0 Å². The maximum Gasteiger partial charge on any atom is 0.338 e. The molecule has 0 saturated carbocycles. The zero-order valence-electron chi connectivity index (χ0n) is 20.5. The molecule has 1 aromatic heterocycles. The molecule has 1 aliphatic heterocycles. The summed E-state index contributed by atoms with van der Waals surface area (Å²) in [6.45, 7) is 6.47. The van der Waals surface area contributed by atoms with E-state index in [1.165, 1.54) is 31.3 Å². The summed E-state index contributed by atoms with van der Waals surface area (Å²) in [6.07, 6.45) is 2.80. The molecule has 0 unspecified atom stereocenters. The maximum absolute atomic E-state index is 12.9. The minimum absolute atomic E-state index is 0.0373. The number of esters is 1. The molecule has 1 atom stereocenters. The molecule has 1 aromatic carbocycles. The summed E-state index contributed by atoms with van der Waals surface area (Å²) in [6, 6.07) is 5.58. The number of aryl methyl sites for hydroxylation is 1. The molecule has 1 aliphatic rings. The summed E-state index contributed by atoms with van der Waals surface area (Å²) in [7, 11) is -2.24. The molecular weight excluding hydrogens is 472 g/mol. The van der Waals surface area contributed by atoms with Gasteiger partial charge >= 0.3 is 5.97 Å². The molecule has 3 rings (SSSR count). The second-order valence-corrected chi connectivity index (χ2v) is 10.4. The first-order valence-corrected chi connectivity index (χ1v) is 13.4. The predicted molar refractivity (Wildman–Crippen MR) is 130 cm³/mol. The smallest absolute Gasteiger partial charge is 0.338 e. The third-order valence-electron chi connectivity index (χ3n) is 5.82. The molecule has 11 heteroatoms. The van der Waals surface area contributed by atoms with Crippen molar-refractivity contribution in [2.24, 2.45) is 5.92 Å². The molecule has 0 saturated heterocycles. The van der Waals surface area contributed by atoms with Gasteiger partial charge in [-0.2, -0.15) is 5.10 Å². The number of sulfonamides is 1. The maximum atomic E-state index is 12.9. The van der Waals surface area contributed by atoms with Gasteiger partial charge in [0, 0.05) is 31.9 Å². The average Bonchev–Trinajstić information content (AvgIpc) is 3.18. The van der Waals surface area contributed by atoms with Gasteiger partial charge in [0.1, 0.15) is 5.69 Å². The summed E-state index contributed by atoms with van der Waals surface area (Å²) >= 11 is 0. The van der Waals surface area contributed by atoms with Gasteiger partial charge in [0.2, 0.25) is 10.0 Å². The van der Waals surface area contributed by atoms with Crippen LogP contribution < -0.4 is 10.0 Å². The molecular formula is C24H34N4O6S. The van der Waals surface area contributed by atoms with Gasteiger partial charge in [-0.3, -0.25) is 9.48 Å². The fourth-order valence-corrected chi connectivity index (χ4v) is 4.68. The summed E-state index contributed by atoms with van der Waals surface area (Å²) in [5.74, 6) is -0.685. The fraction of sp³-hybridized carbons (Fsp3) is 0.542. The Kier molecular flexibility index (Phi) is 9.41. The Balaban J connectivity index is 1.68. The van der Waals surface area contributed by atoms with Crippen LogP contribution in [0.3, 0.4) is 0 Å². The number of ether oxygens (including phenoxy) is 2. The Morgan fingerprint density at radius 2 is 1.97 bits per heavy atom. The summed E-state index contributed by atoms with van der Waals surface area (Å²) < 4.78 is 38.8. The van der Waals surface area contributed by atoms with E-state index >= 15 is 0 Å². The quantitative estimate of drug-likeness (QED) is 0.524. The zero-order valence-corrected chi connectivity index (χ0v) is 21.3. The van der Waals surface area contributed by atoms with Crippen molar-refractivity contribution in [3.63, 3.8) is 0 Å². The van der Waals surface area contributed by atoms with Crippen molar-refractivity contribution in [3.8, 4) is 0 Å². The highest BCUT2D eigenvalue weighted by Crippen LogP contribution is 2.21. The molecule has 35 heavy (non-hydrogen) atoms. The van der Waals surface area contributed by atoms with Crippen LogP contribution in [0.4, 0.5) is 0 Å². The van der Waals surface area contributed by atoms with Gasteiger partial charge < -0.3 is 14.8 Å². The Morgan fingerprint density at radius 3 is 2.66 bits per heavy atom.